The SMILES string of the molecule is C=Cc1ccc(CNC(C)C(C)(C)N)cc1. The average Bonchev–Trinajstić information content (AvgIpc) is 2.25. The molecule has 0 aliphatic rings. The lowest BCUT2D eigenvalue weighted by atomic mass is 9.97. The van der Waals surface area contributed by atoms with Gasteiger partial charge in [-0.05, 0) is 31.9 Å². The summed E-state index contributed by atoms with van der Waals surface area (Å²) >= 11 is 0. The molecule has 2 nitrogen and oxygen atoms in total. The van der Waals surface area contributed by atoms with Crippen LogP contribution in [0.15, 0.2) is 30.8 Å². The van der Waals surface area contributed by atoms with Crippen LogP contribution in [0.4, 0.5) is 0 Å². The summed E-state index contributed by atoms with van der Waals surface area (Å²) in [6, 6.07) is 8.65. The minimum atomic E-state index is -0.193. The molecule has 1 atom stereocenters. The molecule has 1 aromatic rings. The fourth-order valence-electron chi connectivity index (χ4n) is 1.31. The van der Waals surface area contributed by atoms with Crippen LogP contribution in [0, 0.1) is 0 Å². The number of hydrogen-bond acceptors (Lipinski definition) is 2. The molecule has 0 radical (unpaired) electrons. The fraction of sp³-hybridized carbons (Fsp3) is 0.429. The van der Waals surface area contributed by atoms with Crippen molar-refractivity contribution in [3.05, 3.63) is 42.0 Å². The summed E-state index contributed by atoms with van der Waals surface area (Å²) in [6.45, 7) is 10.8. The number of rotatable bonds is 5. The zero-order valence-electron chi connectivity index (χ0n) is 10.5. The Morgan fingerprint density at radius 2 is 1.94 bits per heavy atom. The molecule has 0 saturated carbocycles. The second-order valence-electron chi connectivity index (χ2n) is 4.87. The first-order chi connectivity index (χ1) is 7.43. The van der Waals surface area contributed by atoms with Crippen molar-refractivity contribution in [2.45, 2.75) is 38.9 Å². The molecule has 0 amide bonds. The number of nitrogens with one attached hydrogen (secondary N) is 1. The molecular weight excluding hydrogens is 196 g/mol. The maximum absolute atomic E-state index is 6.01. The standard InChI is InChI=1S/C14H22N2/c1-5-12-6-8-13(9-7-12)10-16-11(2)14(3,4)15/h5-9,11,16H,1,10,15H2,2-4H3. The Morgan fingerprint density at radius 3 is 2.38 bits per heavy atom. The first-order valence-electron chi connectivity index (χ1n) is 5.67. The third-order valence-electron chi connectivity index (χ3n) is 2.94. The third-order valence-corrected chi connectivity index (χ3v) is 2.94. The Morgan fingerprint density at radius 1 is 1.38 bits per heavy atom. The van der Waals surface area contributed by atoms with Gasteiger partial charge in [0, 0.05) is 18.1 Å². The molecule has 16 heavy (non-hydrogen) atoms. The van der Waals surface area contributed by atoms with Gasteiger partial charge in [-0.1, -0.05) is 36.9 Å². The van der Waals surface area contributed by atoms with E-state index in [4.69, 9.17) is 5.73 Å². The van der Waals surface area contributed by atoms with E-state index in [0.29, 0.717) is 0 Å². The van der Waals surface area contributed by atoms with Crippen molar-refractivity contribution >= 4 is 6.08 Å². The Balaban J connectivity index is 2.51. The van der Waals surface area contributed by atoms with Crippen molar-refractivity contribution in [3.8, 4) is 0 Å². The molecule has 0 spiro atoms. The van der Waals surface area contributed by atoms with Gasteiger partial charge >= 0.3 is 0 Å². The van der Waals surface area contributed by atoms with Crippen molar-refractivity contribution in [2.24, 2.45) is 5.73 Å². The zero-order chi connectivity index (χ0) is 12.2. The number of hydrogen-bond donors (Lipinski definition) is 2. The topological polar surface area (TPSA) is 38.0 Å². The van der Waals surface area contributed by atoms with Gasteiger partial charge in [-0.25, -0.2) is 0 Å². The molecule has 0 heterocycles. The van der Waals surface area contributed by atoms with Crippen LogP contribution < -0.4 is 11.1 Å². The van der Waals surface area contributed by atoms with Gasteiger partial charge in [0.05, 0.1) is 0 Å². The van der Waals surface area contributed by atoms with E-state index in [1.54, 1.807) is 0 Å². The van der Waals surface area contributed by atoms with E-state index in [0.717, 1.165) is 12.1 Å². The van der Waals surface area contributed by atoms with Gasteiger partial charge in [-0.3, -0.25) is 0 Å². The second-order valence-corrected chi connectivity index (χ2v) is 4.87. The van der Waals surface area contributed by atoms with E-state index < -0.39 is 0 Å². The predicted molar refractivity (Wildman–Crippen MR) is 71.1 cm³/mol. The van der Waals surface area contributed by atoms with Gasteiger partial charge in [0.15, 0.2) is 0 Å². The highest BCUT2D eigenvalue weighted by Crippen LogP contribution is 2.08. The van der Waals surface area contributed by atoms with Crippen LogP contribution in [-0.2, 0) is 6.54 Å². The van der Waals surface area contributed by atoms with Crippen LogP contribution in [0.3, 0.4) is 0 Å². The van der Waals surface area contributed by atoms with E-state index in [1.807, 2.05) is 19.9 Å². The largest absolute Gasteiger partial charge is 0.324 e. The summed E-state index contributed by atoms with van der Waals surface area (Å²) in [7, 11) is 0. The normalized spacial score (nSPS) is 13.5. The quantitative estimate of drug-likeness (QED) is 0.797. The van der Waals surface area contributed by atoms with Crippen molar-refractivity contribution in [1.29, 1.82) is 0 Å². The number of benzene rings is 1. The molecule has 88 valence electrons. The fourth-order valence-corrected chi connectivity index (χ4v) is 1.31. The highest BCUT2D eigenvalue weighted by Gasteiger charge is 2.19. The lowest BCUT2D eigenvalue weighted by Gasteiger charge is -2.28. The molecular formula is C14H22N2. The Hall–Kier alpha value is -1.12. The summed E-state index contributed by atoms with van der Waals surface area (Å²) in [6.07, 6.45) is 1.85. The van der Waals surface area contributed by atoms with Crippen LogP contribution in [0.5, 0.6) is 0 Å². The lowest BCUT2D eigenvalue weighted by molar-refractivity contribution is 0.362. The Kier molecular flexibility index (Phi) is 4.27. The minimum absolute atomic E-state index is 0.193. The Bertz CT molecular complexity index is 333. The summed E-state index contributed by atoms with van der Waals surface area (Å²) in [5.41, 5.74) is 8.23. The van der Waals surface area contributed by atoms with Crippen molar-refractivity contribution in [2.75, 3.05) is 0 Å². The molecule has 3 N–H and O–H groups in total. The maximum atomic E-state index is 6.01. The molecule has 2 heteroatoms. The minimum Gasteiger partial charge on any atom is -0.324 e. The zero-order valence-corrected chi connectivity index (χ0v) is 10.5. The van der Waals surface area contributed by atoms with E-state index in [2.05, 4.69) is 43.1 Å². The first kappa shape index (κ1) is 12.9. The maximum Gasteiger partial charge on any atom is 0.0250 e. The molecule has 0 fully saturated rings. The van der Waals surface area contributed by atoms with Gasteiger partial charge in [0.1, 0.15) is 0 Å². The van der Waals surface area contributed by atoms with Crippen LogP contribution in [0.1, 0.15) is 31.9 Å². The molecule has 0 bridgehead atoms. The summed E-state index contributed by atoms with van der Waals surface area (Å²) in [4.78, 5) is 0. The molecule has 0 aliphatic heterocycles. The average molecular weight is 218 g/mol. The molecule has 1 aromatic carbocycles. The summed E-state index contributed by atoms with van der Waals surface area (Å²) < 4.78 is 0. The van der Waals surface area contributed by atoms with Gasteiger partial charge in [0.25, 0.3) is 0 Å². The van der Waals surface area contributed by atoms with E-state index >= 15 is 0 Å². The van der Waals surface area contributed by atoms with Gasteiger partial charge in [-0.15, -0.1) is 0 Å². The van der Waals surface area contributed by atoms with Crippen molar-refractivity contribution in [1.82, 2.24) is 5.32 Å². The van der Waals surface area contributed by atoms with Crippen LogP contribution in [0.2, 0.25) is 0 Å². The van der Waals surface area contributed by atoms with E-state index in [-0.39, 0.29) is 11.6 Å². The van der Waals surface area contributed by atoms with E-state index in [1.165, 1.54) is 5.56 Å². The monoisotopic (exact) mass is 218 g/mol. The van der Waals surface area contributed by atoms with Gasteiger partial charge < -0.3 is 11.1 Å². The van der Waals surface area contributed by atoms with Gasteiger partial charge in [-0.2, -0.15) is 0 Å². The number of nitrogens with two attached hydrogens (primary N) is 1. The molecule has 1 unspecified atom stereocenters. The third kappa shape index (κ3) is 3.80. The van der Waals surface area contributed by atoms with Gasteiger partial charge in [0.2, 0.25) is 0 Å². The lowest BCUT2D eigenvalue weighted by Crippen LogP contribution is -2.50. The Labute approximate surface area is 98.6 Å². The molecule has 0 aromatic heterocycles. The first-order valence-corrected chi connectivity index (χ1v) is 5.67. The van der Waals surface area contributed by atoms with Crippen molar-refractivity contribution < 1.29 is 0 Å². The predicted octanol–water partition coefficient (Wildman–Crippen LogP) is 2.55. The van der Waals surface area contributed by atoms with Crippen molar-refractivity contribution in [3.63, 3.8) is 0 Å². The highest BCUT2D eigenvalue weighted by atomic mass is 15.0. The summed E-state index contributed by atoms with van der Waals surface area (Å²) in [5, 5.41) is 3.43. The molecule has 1 rings (SSSR count). The van der Waals surface area contributed by atoms with Crippen LogP contribution >= 0.6 is 0 Å². The smallest absolute Gasteiger partial charge is 0.0250 e. The summed E-state index contributed by atoms with van der Waals surface area (Å²) in [5.74, 6) is 0. The second kappa shape index (κ2) is 5.28. The van der Waals surface area contributed by atoms with Crippen LogP contribution in [0.25, 0.3) is 6.08 Å². The highest BCUT2D eigenvalue weighted by molar-refractivity contribution is 5.47. The van der Waals surface area contributed by atoms with Crippen LogP contribution in [-0.4, -0.2) is 11.6 Å². The molecule has 0 aliphatic carbocycles. The van der Waals surface area contributed by atoms with E-state index in [9.17, 15) is 0 Å². The molecule has 0 saturated heterocycles.